The standard InChI is InChI=1S/C26H30FN3O2S/c27-25-12-4-5-13-26(25)33(31,32)30(21-23-10-6-16-28-20-23)24-14-18-29(19-15-24)17-7-11-22-8-2-1-3-9-22/h1-6,8-10,12-13,16,20,24H,7,11,14-15,17-19,21H2. The molecule has 3 aromatic rings. The molecule has 1 aliphatic rings. The molecule has 5 nitrogen and oxygen atoms in total. The molecular weight excluding hydrogens is 437 g/mol. The van der Waals surface area contributed by atoms with Gasteiger partial charge in [-0.25, -0.2) is 12.8 Å². The van der Waals surface area contributed by atoms with Gasteiger partial charge in [0.05, 0.1) is 0 Å². The lowest BCUT2D eigenvalue weighted by Crippen LogP contribution is -2.47. The van der Waals surface area contributed by atoms with E-state index in [1.54, 1.807) is 24.5 Å². The van der Waals surface area contributed by atoms with E-state index in [0.717, 1.165) is 50.9 Å². The van der Waals surface area contributed by atoms with Gasteiger partial charge in [-0.05, 0) is 74.6 Å². The summed E-state index contributed by atoms with van der Waals surface area (Å²) in [6.07, 6.45) is 6.88. The molecule has 1 fully saturated rings. The van der Waals surface area contributed by atoms with Gasteiger partial charge in [-0.2, -0.15) is 4.31 Å². The van der Waals surface area contributed by atoms with Gasteiger partial charge in [0, 0.05) is 25.0 Å². The lowest BCUT2D eigenvalue weighted by molar-refractivity contribution is 0.154. The molecule has 0 bridgehead atoms. The number of hydrogen-bond donors (Lipinski definition) is 0. The van der Waals surface area contributed by atoms with Crippen molar-refractivity contribution in [3.05, 3.63) is 96.1 Å². The van der Waals surface area contributed by atoms with Gasteiger partial charge in [0.2, 0.25) is 10.0 Å². The first-order valence-corrected chi connectivity index (χ1v) is 12.9. The van der Waals surface area contributed by atoms with Crippen LogP contribution in [0.25, 0.3) is 0 Å². The van der Waals surface area contributed by atoms with Crippen molar-refractivity contribution < 1.29 is 12.8 Å². The second kappa shape index (κ2) is 11.0. The zero-order valence-corrected chi connectivity index (χ0v) is 19.5. The molecule has 1 aromatic heterocycles. The van der Waals surface area contributed by atoms with Crippen LogP contribution in [-0.2, 0) is 23.0 Å². The highest BCUT2D eigenvalue weighted by atomic mass is 32.2. The summed E-state index contributed by atoms with van der Waals surface area (Å²) < 4.78 is 43.0. The zero-order valence-electron chi connectivity index (χ0n) is 18.7. The van der Waals surface area contributed by atoms with Crippen LogP contribution in [0.1, 0.15) is 30.4 Å². The van der Waals surface area contributed by atoms with Gasteiger partial charge >= 0.3 is 0 Å². The van der Waals surface area contributed by atoms with Crippen LogP contribution in [0.15, 0.2) is 84.0 Å². The van der Waals surface area contributed by atoms with Crippen LogP contribution in [-0.4, -0.2) is 48.3 Å². The number of piperidine rings is 1. The minimum absolute atomic E-state index is 0.180. The Kier molecular flexibility index (Phi) is 7.85. The Morgan fingerprint density at radius 1 is 0.939 bits per heavy atom. The van der Waals surface area contributed by atoms with E-state index in [1.165, 1.54) is 28.1 Å². The molecule has 0 aliphatic carbocycles. The Morgan fingerprint density at radius 2 is 1.64 bits per heavy atom. The smallest absolute Gasteiger partial charge is 0.246 e. The van der Waals surface area contributed by atoms with E-state index in [1.807, 2.05) is 12.1 Å². The predicted octanol–water partition coefficient (Wildman–Crippen LogP) is 4.51. The summed E-state index contributed by atoms with van der Waals surface area (Å²) >= 11 is 0. The molecule has 0 unspecified atom stereocenters. The van der Waals surface area contributed by atoms with Crippen molar-refractivity contribution in [2.75, 3.05) is 19.6 Å². The Morgan fingerprint density at radius 3 is 2.33 bits per heavy atom. The van der Waals surface area contributed by atoms with E-state index in [2.05, 4.69) is 34.1 Å². The number of aryl methyl sites for hydroxylation is 1. The lowest BCUT2D eigenvalue weighted by Gasteiger charge is -2.38. The molecule has 4 rings (SSSR count). The van der Waals surface area contributed by atoms with Crippen LogP contribution >= 0.6 is 0 Å². The summed E-state index contributed by atoms with van der Waals surface area (Å²) in [6.45, 7) is 2.83. The van der Waals surface area contributed by atoms with Gasteiger partial charge in [-0.15, -0.1) is 0 Å². The number of likely N-dealkylation sites (tertiary alicyclic amines) is 1. The third-order valence-corrected chi connectivity index (χ3v) is 8.16. The SMILES string of the molecule is O=S(=O)(c1ccccc1F)N(Cc1cccnc1)C1CCN(CCCc2ccccc2)CC1. The highest BCUT2D eigenvalue weighted by molar-refractivity contribution is 7.89. The monoisotopic (exact) mass is 467 g/mol. The number of hydrogen-bond acceptors (Lipinski definition) is 4. The molecule has 0 saturated carbocycles. The summed E-state index contributed by atoms with van der Waals surface area (Å²) in [4.78, 5) is 6.26. The topological polar surface area (TPSA) is 53.5 Å². The predicted molar refractivity (Wildman–Crippen MR) is 128 cm³/mol. The minimum Gasteiger partial charge on any atom is -0.303 e. The number of rotatable bonds is 9. The number of sulfonamides is 1. The molecule has 33 heavy (non-hydrogen) atoms. The third-order valence-electron chi connectivity index (χ3n) is 6.23. The summed E-state index contributed by atoms with van der Waals surface area (Å²) in [5.74, 6) is -0.716. The number of benzene rings is 2. The van der Waals surface area contributed by atoms with Crippen molar-refractivity contribution in [3.8, 4) is 0 Å². The van der Waals surface area contributed by atoms with Crippen molar-refractivity contribution in [1.29, 1.82) is 0 Å². The van der Waals surface area contributed by atoms with Crippen LogP contribution in [0.5, 0.6) is 0 Å². The summed E-state index contributed by atoms with van der Waals surface area (Å²) in [5.41, 5.74) is 2.13. The summed E-state index contributed by atoms with van der Waals surface area (Å²) in [5, 5.41) is 0. The quantitative estimate of drug-likeness (QED) is 0.465. The molecule has 0 N–H and O–H groups in total. The molecule has 2 aromatic carbocycles. The number of pyridine rings is 1. The Hall–Kier alpha value is -2.61. The van der Waals surface area contributed by atoms with Crippen molar-refractivity contribution >= 4 is 10.0 Å². The van der Waals surface area contributed by atoms with Crippen LogP contribution in [0.3, 0.4) is 0 Å². The van der Waals surface area contributed by atoms with Crippen molar-refractivity contribution in [1.82, 2.24) is 14.2 Å². The van der Waals surface area contributed by atoms with Crippen LogP contribution in [0, 0.1) is 5.82 Å². The number of aromatic nitrogens is 1. The van der Waals surface area contributed by atoms with Crippen molar-refractivity contribution in [2.45, 2.75) is 43.2 Å². The molecular formula is C26H30FN3O2S. The fourth-order valence-corrected chi connectivity index (χ4v) is 6.18. The van der Waals surface area contributed by atoms with E-state index < -0.39 is 15.8 Å². The molecule has 0 atom stereocenters. The minimum atomic E-state index is -3.99. The average Bonchev–Trinajstić information content (AvgIpc) is 2.84. The fourth-order valence-electron chi connectivity index (χ4n) is 4.44. The molecule has 2 heterocycles. The van der Waals surface area contributed by atoms with Crippen molar-refractivity contribution in [2.24, 2.45) is 0 Å². The molecule has 174 valence electrons. The zero-order chi connectivity index (χ0) is 23.1. The van der Waals surface area contributed by atoms with Crippen LogP contribution < -0.4 is 0 Å². The summed E-state index contributed by atoms with van der Waals surface area (Å²) in [6, 6.07) is 19.5. The maximum atomic E-state index is 14.5. The van der Waals surface area contributed by atoms with Gasteiger partial charge in [-0.1, -0.05) is 48.5 Å². The highest BCUT2D eigenvalue weighted by Gasteiger charge is 2.35. The average molecular weight is 468 g/mol. The maximum absolute atomic E-state index is 14.5. The molecule has 7 heteroatoms. The van der Waals surface area contributed by atoms with E-state index >= 15 is 0 Å². The molecule has 1 aliphatic heterocycles. The number of nitrogens with zero attached hydrogens (tertiary/aromatic N) is 3. The van der Waals surface area contributed by atoms with Crippen molar-refractivity contribution in [3.63, 3.8) is 0 Å². The first-order chi connectivity index (χ1) is 16.0. The first kappa shape index (κ1) is 23.5. The Labute approximate surface area is 195 Å². The lowest BCUT2D eigenvalue weighted by atomic mass is 10.0. The second-order valence-corrected chi connectivity index (χ2v) is 10.4. The third kappa shape index (κ3) is 6.05. The largest absolute Gasteiger partial charge is 0.303 e. The second-order valence-electron chi connectivity index (χ2n) is 8.50. The van der Waals surface area contributed by atoms with Gasteiger partial charge in [0.25, 0.3) is 0 Å². The van der Waals surface area contributed by atoms with Gasteiger partial charge in [0.15, 0.2) is 0 Å². The normalized spacial score (nSPS) is 15.7. The maximum Gasteiger partial charge on any atom is 0.246 e. The van der Waals surface area contributed by atoms with Gasteiger partial charge < -0.3 is 4.90 Å². The number of halogens is 1. The van der Waals surface area contributed by atoms with Gasteiger partial charge in [0.1, 0.15) is 10.7 Å². The van der Waals surface area contributed by atoms with E-state index in [4.69, 9.17) is 0 Å². The fraction of sp³-hybridized carbons (Fsp3) is 0.346. The Bertz CT molecular complexity index is 1120. The van der Waals surface area contributed by atoms with Gasteiger partial charge in [-0.3, -0.25) is 4.98 Å². The first-order valence-electron chi connectivity index (χ1n) is 11.5. The molecule has 1 saturated heterocycles. The summed E-state index contributed by atoms with van der Waals surface area (Å²) in [7, 11) is -3.99. The van der Waals surface area contributed by atoms with E-state index in [-0.39, 0.29) is 17.5 Å². The van der Waals surface area contributed by atoms with Crippen LogP contribution in [0.4, 0.5) is 4.39 Å². The van der Waals surface area contributed by atoms with Crippen LogP contribution in [0.2, 0.25) is 0 Å². The van der Waals surface area contributed by atoms with E-state index in [0.29, 0.717) is 0 Å². The molecule has 0 radical (unpaired) electrons. The van der Waals surface area contributed by atoms with E-state index in [9.17, 15) is 12.8 Å². The highest BCUT2D eigenvalue weighted by Crippen LogP contribution is 2.28. The Balaban J connectivity index is 1.44. The molecule has 0 amide bonds. The molecule has 0 spiro atoms.